The summed E-state index contributed by atoms with van der Waals surface area (Å²) in [5, 5.41) is 12.1. The maximum absolute atomic E-state index is 13.4. The smallest absolute Gasteiger partial charge is 0.407 e. The molecule has 9 heteroatoms. The van der Waals surface area contributed by atoms with Crippen molar-refractivity contribution in [3.8, 4) is 11.1 Å². The number of amides is 2. The molecule has 0 spiro atoms. The van der Waals surface area contributed by atoms with Crippen molar-refractivity contribution in [1.29, 1.82) is 0 Å². The lowest BCUT2D eigenvalue weighted by Crippen LogP contribution is -2.52. The summed E-state index contributed by atoms with van der Waals surface area (Å²) in [6, 6.07) is 22.5. The Balaban J connectivity index is 1.27. The van der Waals surface area contributed by atoms with Crippen molar-refractivity contribution in [1.82, 2.24) is 10.2 Å². The molecule has 0 aromatic heterocycles. The topological polar surface area (TPSA) is 122 Å². The van der Waals surface area contributed by atoms with Gasteiger partial charge in [0.1, 0.15) is 25.3 Å². The van der Waals surface area contributed by atoms with Gasteiger partial charge in [0.25, 0.3) is 0 Å². The van der Waals surface area contributed by atoms with E-state index in [4.69, 9.17) is 9.47 Å². The molecule has 40 heavy (non-hydrogen) atoms. The zero-order chi connectivity index (χ0) is 28.1. The summed E-state index contributed by atoms with van der Waals surface area (Å²) in [7, 11) is 0. The largest absolute Gasteiger partial charge is 0.480 e. The number of likely N-dealkylation sites (tertiary alicyclic amines) is 1. The second-order valence-electron chi connectivity index (χ2n) is 9.90. The van der Waals surface area contributed by atoms with E-state index in [1.54, 1.807) is 12.1 Å². The van der Waals surface area contributed by atoms with E-state index in [0.29, 0.717) is 12.8 Å². The van der Waals surface area contributed by atoms with Gasteiger partial charge in [-0.25, -0.2) is 9.59 Å². The van der Waals surface area contributed by atoms with Crippen LogP contribution in [0.4, 0.5) is 4.79 Å². The van der Waals surface area contributed by atoms with Gasteiger partial charge in [0, 0.05) is 12.5 Å². The molecule has 3 aromatic rings. The normalized spacial score (nSPS) is 16.5. The third-order valence-electron chi connectivity index (χ3n) is 7.37. The number of hydrogen-bond donors (Lipinski definition) is 2. The second-order valence-corrected chi connectivity index (χ2v) is 9.90. The number of alkyl carbamates (subject to hydrolysis) is 1. The van der Waals surface area contributed by atoms with Crippen molar-refractivity contribution < 1.29 is 33.8 Å². The fraction of sp³-hybridized carbons (Fsp3) is 0.290. The van der Waals surface area contributed by atoms with E-state index >= 15 is 0 Å². The molecule has 1 saturated heterocycles. The maximum Gasteiger partial charge on any atom is 0.407 e. The van der Waals surface area contributed by atoms with Crippen LogP contribution in [0.1, 0.15) is 41.9 Å². The van der Waals surface area contributed by atoms with Crippen molar-refractivity contribution in [3.63, 3.8) is 0 Å². The van der Waals surface area contributed by atoms with E-state index in [0.717, 1.165) is 27.8 Å². The number of esters is 1. The lowest BCUT2D eigenvalue weighted by molar-refractivity contribution is -0.151. The number of hydrogen-bond acceptors (Lipinski definition) is 6. The minimum absolute atomic E-state index is 0.00694. The number of carboxylic acid groups (broad SMARTS) is 1. The molecule has 5 rings (SSSR count). The molecule has 2 N–H and O–H groups in total. The lowest BCUT2D eigenvalue weighted by atomic mass is 9.98. The minimum Gasteiger partial charge on any atom is -0.480 e. The van der Waals surface area contributed by atoms with Crippen LogP contribution < -0.4 is 5.32 Å². The van der Waals surface area contributed by atoms with Gasteiger partial charge in [0.15, 0.2) is 0 Å². The number of aliphatic carboxylic acids is 1. The molecule has 2 atom stereocenters. The van der Waals surface area contributed by atoms with E-state index < -0.39 is 42.4 Å². The van der Waals surface area contributed by atoms with E-state index in [-0.39, 0.29) is 25.7 Å². The Bertz CT molecular complexity index is 1360. The van der Waals surface area contributed by atoms with Crippen molar-refractivity contribution in [3.05, 3.63) is 95.6 Å². The SMILES string of the molecule is O=C(C[C@H](NC(=O)OCC1c2ccccc2-c2ccccc21)C(=O)N1CCC[C@H]1C(=O)O)OCc1ccccc1. The Morgan fingerprint density at radius 1 is 0.875 bits per heavy atom. The van der Waals surface area contributed by atoms with Gasteiger partial charge in [-0.1, -0.05) is 78.9 Å². The van der Waals surface area contributed by atoms with Crippen LogP contribution in [-0.2, 0) is 30.5 Å². The average molecular weight is 543 g/mol. The number of carbonyl (C=O) groups excluding carboxylic acids is 3. The van der Waals surface area contributed by atoms with Crippen molar-refractivity contribution in [2.24, 2.45) is 0 Å². The quantitative estimate of drug-likeness (QED) is 0.390. The highest BCUT2D eigenvalue weighted by Gasteiger charge is 2.39. The molecule has 1 aliphatic heterocycles. The minimum atomic E-state index is -1.33. The molecule has 1 heterocycles. The molecule has 2 aliphatic rings. The number of ether oxygens (including phenoxy) is 2. The van der Waals surface area contributed by atoms with Crippen LogP contribution in [0.2, 0.25) is 0 Å². The number of fused-ring (bicyclic) bond motifs is 3. The molecule has 0 radical (unpaired) electrons. The number of benzene rings is 3. The molecule has 1 aliphatic carbocycles. The molecule has 206 valence electrons. The maximum atomic E-state index is 13.4. The van der Waals surface area contributed by atoms with E-state index in [2.05, 4.69) is 5.32 Å². The number of carboxylic acids is 1. The van der Waals surface area contributed by atoms with Gasteiger partial charge in [-0.2, -0.15) is 0 Å². The van der Waals surface area contributed by atoms with Crippen LogP contribution in [0, 0.1) is 0 Å². The first-order valence-corrected chi connectivity index (χ1v) is 13.3. The molecule has 3 aromatic carbocycles. The number of carbonyl (C=O) groups is 4. The first kappa shape index (κ1) is 26.9. The van der Waals surface area contributed by atoms with Crippen LogP contribution in [0.5, 0.6) is 0 Å². The van der Waals surface area contributed by atoms with Crippen LogP contribution in [0.25, 0.3) is 11.1 Å². The van der Waals surface area contributed by atoms with Crippen molar-refractivity contribution in [2.45, 2.75) is 43.9 Å². The van der Waals surface area contributed by atoms with Gasteiger partial charge in [0.05, 0.1) is 6.42 Å². The van der Waals surface area contributed by atoms with Gasteiger partial charge in [-0.05, 0) is 40.7 Å². The molecule has 0 unspecified atom stereocenters. The Labute approximate surface area is 231 Å². The van der Waals surface area contributed by atoms with E-state index in [9.17, 15) is 24.3 Å². The first-order chi connectivity index (χ1) is 19.4. The van der Waals surface area contributed by atoms with Crippen LogP contribution >= 0.6 is 0 Å². The summed E-state index contributed by atoms with van der Waals surface area (Å²) in [5.74, 6) is -2.67. The van der Waals surface area contributed by atoms with Crippen molar-refractivity contribution >= 4 is 23.9 Å². The fourth-order valence-corrected chi connectivity index (χ4v) is 5.43. The van der Waals surface area contributed by atoms with Gasteiger partial charge in [-0.15, -0.1) is 0 Å². The third-order valence-corrected chi connectivity index (χ3v) is 7.37. The number of nitrogens with zero attached hydrogens (tertiary/aromatic N) is 1. The molecule has 0 bridgehead atoms. The molecule has 1 fully saturated rings. The standard InChI is InChI=1S/C31H30N2O7/c34-28(39-18-20-9-2-1-3-10-20)17-26(29(35)33-16-8-15-27(33)30(36)37)32-31(38)40-19-25-23-13-6-4-11-21(23)22-12-5-7-14-24(22)25/h1-7,9-14,25-27H,8,15-19H2,(H,32,38)(H,36,37)/t26-,27-/m0/s1. The Morgan fingerprint density at radius 2 is 1.50 bits per heavy atom. The number of nitrogens with one attached hydrogen (secondary N) is 1. The molecule has 2 amide bonds. The van der Waals surface area contributed by atoms with Gasteiger partial charge in [-0.3, -0.25) is 9.59 Å². The number of rotatable bonds is 9. The monoisotopic (exact) mass is 542 g/mol. The van der Waals surface area contributed by atoms with E-state index in [1.807, 2.05) is 66.7 Å². The highest BCUT2D eigenvalue weighted by atomic mass is 16.5. The Morgan fingerprint density at radius 3 is 2.15 bits per heavy atom. The summed E-state index contributed by atoms with van der Waals surface area (Å²) >= 11 is 0. The van der Waals surface area contributed by atoms with E-state index in [1.165, 1.54) is 4.90 Å². The summed E-state index contributed by atoms with van der Waals surface area (Å²) in [5.41, 5.74) is 5.00. The van der Waals surface area contributed by atoms with Crippen molar-refractivity contribution in [2.75, 3.05) is 13.2 Å². The molecular formula is C31H30N2O7. The van der Waals surface area contributed by atoms with Crippen LogP contribution in [-0.4, -0.2) is 59.2 Å². The first-order valence-electron chi connectivity index (χ1n) is 13.3. The predicted molar refractivity (Wildman–Crippen MR) is 145 cm³/mol. The highest BCUT2D eigenvalue weighted by molar-refractivity contribution is 5.92. The highest BCUT2D eigenvalue weighted by Crippen LogP contribution is 2.44. The third kappa shape index (κ3) is 5.83. The Kier molecular flexibility index (Phi) is 8.10. The second kappa shape index (κ2) is 12.0. The van der Waals surface area contributed by atoms with Gasteiger partial charge >= 0.3 is 18.0 Å². The summed E-state index contributed by atoms with van der Waals surface area (Å²) < 4.78 is 10.9. The lowest BCUT2D eigenvalue weighted by Gasteiger charge is -2.27. The van der Waals surface area contributed by atoms with Gasteiger partial charge in [0.2, 0.25) is 5.91 Å². The predicted octanol–water partition coefficient (Wildman–Crippen LogP) is 4.10. The average Bonchev–Trinajstić information content (AvgIpc) is 3.59. The van der Waals surface area contributed by atoms with Crippen LogP contribution in [0.15, 0.2) is 78.9 Å². The molecular weight excluding hydrogens is 512 g/mol. The summed E-state index contributed by atoms with van der Waals surface area (Å²) in [6.07, 6.45) is -0.517. The zero-order valence-corrected chi connectivity index (χ0v) is 21.8. The molecule has 0 saturated carbocycles. The Hall–Kier alpha value is -4.66. The fourth-order valence-electron chi connectivity index (χ4n) is 5.43. The molecule has 9 nitrogen and oxygen atoms in total. The zero-order valence-electron chi connectivity index (χ0n) is 21.8. The van der Waals surface area contributed by atoms with Crippen LogP contribution in [0.3, 0.4) is 0 Å². The van der Waals surface area contributed by atoms with Gasteiger partial charge < -0.3 is 24.8 Å². The summed E-state index contributed by atoms with van der Waals surface area (Å²) in [4.78, 5) is 51.9. The summed E-state index contributed by atoms with van der Waals surface area (Å²) in [6.45, 7) is 0.255.